The average Bonchev–Trinajstić information content (AvgIpc) is 2.19. The van der Waals surface area contributed by atoms with Crippen molar-refractivity contribution in [2.24, 2.45) is 0 Å². The standard InChI is InChI=1S/C9H14N2O2/c1-12-6-5-10-8-3-4-9(13-2)11-7-8/h3-4,7,10H,5-6H2,1-2H3. The number of anilines is 1. The monoisotopic (exact) mass is 182 g/mol. The maximum Gasteiger partial charge on any atom is 0.213 e. The lowest BCUT2D eigenvalue weighted by Gasteiger charge is -2.05. The van der Waals surface area contributed by atoms with Crippen molar-refractivity contribution >= 4 is 5.69 Å². The summed E-state index contributed by atoms with van der Waals surface area (Å²) >= 11 is 0. The highest BCUT2D eigenvalue weighted by Crippen LogP contribution is 2.10. The van der Waals surface area contributed by atoms with Gasteiger partial charge in [-0.05, 0) is 6.07 Å². The first-order chi connectivity index (χ1) is 6.36. The van der Waals surface area contributed by atoms with Crippen molar-refractivity contribution in [1.29, 1.82) is 0 Å². The van der Waals surface area contributed by atoms with Gasteiger partial charge in [-0.3, -0.25) is 0 Å². The number of nitrogens with one attached hydrogen (secondary N) is 1. The molecule has 0 unspecified atom stereocenters. The molecule has 0 radical (unpaired) electrons. The van der Waals surface area contributed by atoms with Crippen molar-refractivity contribution in [1.82, 2.24) is 4.98 Å². The van der Waals surface area contributed by atoms with Crippen molar-refractivity contribution in [3.63, 3.8) is 0 Å². The lowest BCUT2D eigenvalue weighted by atomic mass is 10.4. The second-order valence-corrected chi connectivity index (χ2v) is 2.51. The lowest BCUT2D eigenvalue weighted by molar-refractivity contribution is 0.211. The number of rotatable bonds is 5. The van der Waals surface area contributed by atoms with Crippen LogP contribution in [0.4, 0.5) is 5.69 Å². The highest BCUT2D eigenvalue weighted by atomic mass is 16.5. The molecule has 1 heterocycles. The van der Waals surface area contributed by atoms with E-state index in [1.54, 1.807) is 20.4 Å². The summed E-state index contributed by atoms with van der Waals surface area (Å²) in [6.45, 7) is 1.47. The van der Waals surface area contributed by atoms with Gasteiger partial charge >= 0.3 is 0 Å². The minimum absolute atomic E-state index is 0.622. The van der Waals surface area contributed by atoms with Gasteiger partial charge in [-0.25, -0.2) is 4.98 Å². The average molecular weight is 182 g/mol. The summed E-state index contributed by atoms with van der Waals surface area (Å²) in [7, 11) is 3.27. The van der Waals surface area contributed by atoms with Gasteiger partial charge in [0.05, 0.1) is 25.6 Å². The molecule has 0 aliphatic carbocycles. The van der Waals surface area contributed by atoms with Gasteiger partial charge in [0.2, 0.25) is 5.88 Å². The Morgan fingerprint density at radius 2 is 2.23 bits per heavy atom. The predicted octanol–water partition coefficient (Wildman–Crippen LogP) is 1.15. The molecule has 0 spiro atoms. The van der Waals surface area contributed by atoms with Gasteiger partial charge in [-0.2, -0.15) is 0 Å². The zero-order valence-corrected chi connectivity index (χ0v) is 7.91. The smallest absolute Gasteiger partial charge is 0.213 e. The minimum atomic E-state index is 0.622. The van der Waals surface area contributed by atoms with E-state index in [9.17, 15) is 0 Å². The van der Waals surface area contributed by atoms with E-state index in [4.69, 9.17) is 9.47 Å². The Morgan fingerprint density at radius 3 is 2.77 bits per heavy atom. The Bertz CT molecular complexity index is 236. The van der Waals surface area contributed by atoms with Crippen LogP contribution in [0.5, 0.6) is 5.88 Å². The molecule has 0 amide bonds. The molecule has 13 heavy (non-hydrogen) atoms. The largest absolute Gasteiger partial charge is 0.481 e. The summed E-state index contributed by atoms with van der Waals surface area (Å²) in [5, 5.41) is 3.15. The van der Waals surface area contributed by atoms with Crippen LogP contribution in [0.15, 0.2) is 18.3 Å². The van der Waals surface area contributed by atoms with Gasteiger partial charge in [-0.1, -0.05) is 0 Å². The van der Waals surface area contributed by atoms with Gasteiger partial charge in [0, 0.05) is 19.7 Å². The summed E-state index contributed by atoms with van der Waals surface area (Å²) in [5.74, 6) is 0.622. The zero-order valence-electron chi connectivity index (χ0n) is 7.91. The van der Waals surface area contributed by atoms with Crippen LogP contribution >= 0.6 is 0 Å². The van der Waals surface area contributed by atoms with Gasteiger partial charge in [0.1, 0.15) is 0 Å². The Morgan fingerprint density at radius 1 is 1.38 bits per heavy atom. The van der Waals surface area contributed by atoms with Crippen LogP contribution in [0.3, 0.4) is 0 Å². The summed E-state index contributed by atoms with van der Waals surface area (Å²) in [6, 6.07) is 3.73. The maximum absolute atomic E-state index is 4.93. The van der Waals surface area contributed by atoms with E-state index in [0.717, 1.165) is 12.2 Å². The van der Waals surface area contributed by atoms with E-state index in [0.29, 0.717) is 12.5 Å². The van der Waals surface area contributed by atoms with Gasteiger partial charge in [0.15, 0.2) is 0 Å². The molecule has 4 heteroatoms. The molecule has 0 saturated carbocycles. The number of hydrogen-bond donors (Lipinski definition) is 1. The molecular weight excluding hydrogens is 168 g/mol. The van der Waals surface area contributed by atoms with Gasteiger partial charge in [-0.15, -0.1) is 0 Å². The number of aromatic nitrogens is 1. The van der Waals surface area contributed by atoms with Crippen molar-refractivity contribution < 1.29 is 9.47 Å². The molecule has 1 rings (SSSR count). The van der Waals surface area contributed by atoms with Crippen LogP contribution in [0.25, 0.3) is 0 Å². The molecule has 1 aromatic heterocycles. The normalized spacial score (nSPS) is 9.69. The third-order valence-corrected chi connectivity index (χ3v) is 1.58. The zero-order chi connectivity index (χ0) is 9.52. The highest BCUT2D eigenvalue weighted by molar-refractivity contribution is 5.41. The van der Waals surface area contributed by atoms with Crippen LogP contribution in [-0.2, 0) is 4.74 Å². The number of hydrogen-bond acceptors (Lipinski definition) is 4. The first-order valence-corrected chi connectivity index (χ1v) is 4.09. The first kappa shape index (κ1) is 9.80. The predicted molar refractivity (Wildman–Crippen MR) is 51.2 cm³/mol. The topological polar surface area (TPSA) is 43.4 Å². The Balaban J connectivity index is 2.40. The van der Waals surface area contributed by atoms with Crippen LogP contribution in [0, 0.1) is 0 Å². The van der Waals surface area contributed by atoms with E-state index >= 15 is 0 Å². The fourth-order valence-corrected chi connectivity index (χ4v) is 0.903. The highest BCUT2D eigenvalue weighted by Gasteiger charge is 1.93. The van der Waals surface area contributed by atoms with Crippen molar-refractivity contribution in [2.45, 2.75) is 0 Å². The van der Waals surface area contributed by atoms with Crippen LogP contribution in [0.1, 0.15) is 0 Å². The van der Waals surface area contributed by atoms with Crippen molar-refractivity contribution in [2.75, 3.05) is 32.7 Å². The molecule has 4 nitrogen and oxygen atoms in total. The second kappa shape index (κ2) is 5.37. The molecule has 0 saturated heterocycles. The van der Waals surface area contributed by atoms with E-state index in [2.05, 4.69) is 10.3 Å². The van der Waals surface area contributed by atoms with E-state index in [1.165, 1.54) is 0 Å². The molecular formula is C9H14N2O2. The first-order valence-electron chi connectivity index (χ1n) is 4.09. The fourth-order valence-electron chi connectivity index (χ4n) is 0.903. The third kappa shape index (κ3) is 3.29. The summed E-state index contributed by atoms with van der Waals surface area (Å²) in [4.78, 5) is 4.05. The molecule has 0 aliphatic rings. The Hall–Kier alpha value is -1.29. The van der Waals surface area contributed by atoms with Gasteiger partial charge in [0.25, 0.3) is 0 Å². The molecule has 1 N–H and O–H groups in total. The third-order valence-electron chi connectivity index (χ3n) is 1.58. The van der Waals surface area contributed by atoms with Crippen LogP contribution in [0.2, 0.25) is 0 Å². The number of nitrogens with zero attached hydrogens (tertiary/aromatic N) is 1. The van der Waals surface area contributed by atoms with E-state index in [1.807, 2.05) is 12.1 Å². The molecule has 72 valence electrons. The molecule has 1 aromatic rings. The van der Waals surface area contributed by atoms with Crippen molar-refractivity contribution in [3.8, 4) is 5.88 Å². The summed E-state index contributed by atoms with van der Waals surface area (Å²) in [5.41, 5.74) is 0.970. The molecule has 0 aliphatic heterocycles. The molecule has 0 bridgehead atoms. The SMILES string of the molecule is COCCNc1ccc(OC)nc1. The molecule has 0 atom stereocenters. The summed E-state index contributed by atoms with van der Waals surface area (Å²) in [6.07, 6.45) is 1.73. The number of pyridine rings is 1. The van der Waals surface area contributed by atoms with E-state index in [-0.39, 0.29) is 0 Å². The van der Waals surface area contributed by atoms with Crippen LogP contribution < -0.4 is 10.1 Å². The van der Waals surface area contributed by atoms with Crippen molar-refractivity contribution in [3.05, 3.63) is 18.3 Å². The lowest BCUT2D eigenvalue weighted by Crippen LogP contribution is -2.07. The second-order valence-electron chi connectivity index (χ2n) is 2.51. The van der Waals surface area contributed by atoms with E-state index < -0.39 is 0 Å². The number of ether oxygens (including phenoxy) is 2. The fraction of sp³-hybridized carbons (Fsp3) is 0.444. The van der Waals surface area contributed by atoms with Gasteiger partial charge < -0.3 is 14.8 Å². The Kier molecular flexibility index (Phi) is 4.05. The Labute approximate surface area is 77.9 Å². The quantitative estimate of drug-likeness (QED) is 0.694. The summed E-state index contributed by atoms with van der Waals surface area (Å²) < 4.78 is 9.83. The minimum Gasteiger partial charge on any atom is -0.481 e. The maximum atomic E-state index is 4.93. The molecule has 0 aromatic carbocycles. The van der Waals surface area contributed by atoms with Crippen LogP contribution in [-0.4, -0.2) is 32.4 Å². The molecule has 0 fully saturated rings. The number of methoxy groups -OCH3 is 2.